The molecule has 1 aromatic heterocycles. The Morgan fingerprint density at radius 3 is 2.69 bits per heavy atom. The number of carbonyl (C=O) groups excluding carboxylic acids is 2. The van der Waals surface area contributed by atoms with Gasteiger partial charge in [0.1, 0.15) is 0 Å². The summed E-state index contributed by atoms with van der Waals surface area (Å²) in [5.41, 5.74) is 2.26. The number of benzene rings is 1. The lowest BCUT2D eigenvalue weighted by Gasteiger charge is -2.32. The average molecular weight is 374 g/mol. The molecule has 26 heavy (non-hydrogen) atoms. The number of halogens is 1. The van der Waals surface area contributed by atoms with Crippen molar-refractivity contribution >= 4 is 29.2 Å². The molecule has 2 aliphatic rings. The number of aromatic amines is 1. The van der Waals surface area contributed by atoms with E-state index >= 15 is 0 Å². The number of piperidine rings is 1. The van der Waals surface area contributed by atoms with Crippen LogP contribution < -0.4 is 10.2 Å². The van der Waals surface area contributed by atoms with Crippen molar-refractivity contribution in [1.82, 2.24) is 20.2 Å². The number of rotatable bonds is 3. The van der Waals surface area contributed by atoms with Crippen molar-refractivity contribution in [2.75, 3.05) is 31.1 Å². The number of amides is 3. The second-order valence-corrected chi connectivity index (χ2v) is 7.03. The van der Waals surface area contributed by atoms with Crippen LogP contribution in [-0.2, 0) is 0 Å². The Balaban J connectivity index is 1.49. The first-order valence-corrected chi connectivity index (χ1v) is 9.14. The van der Waals surface area contributed by atoms with Crippen LogP contribution in [0.15, 0.2) is 30.7 Å². The number of H-pyrrole nitrogens is 1. The van der Waals surface area contributed by atoms with E-state index < -0.39 is 0 Å². The molecule has 1 aromatic carbocycles. The highest BCUT2D eigenvalue weighted by Gasteiger charge is 2.28. The van der Waals surface area contributed by atoms with Crippen LogP contribution in [0.3, 0.4) is 0 Å². The number of likely N-dealkylation sites (tertiary alicyclic amines) is 1. The van der Waals surface area contributed by atoms with Gasteiger partial charge in [-0.1, -0.05) is 11.6 Å². The van der Waals surface area contributed by atoms with Crippen molar-refractivity contribution in [3.05, 3.63) is 47.0 Å². The zero-order chi connectivity index (χ0) is 18.1. The van der Waals surface area contributed by atoms with E-state index in [4.69, 9.17) is 11.6 Å². The van der Waals surface area contributed by atoms with Gasteiger partial charge in [0.25, 0.3) is 5.91 Å². The van der Waals surface area contributed by atoms with Gasteiger partial charge in [0, 0.05) is 49.7 Å². The summed E-state index contributed by atoms with van der Waals surface area (Å²) in [5.74, 6) is 0.316. The zero-order valence-corrected chi connectivity index (χ0v) is 15.0. The second kappa shape index (κ2) is 6.99. The van der Waals surface area contributed by atoms with Crippen molar-refractivity contribution in [3.8, 4) is 0 Å². The third kappa shape index (κ3) is 3.14. The molecular formula is C18H20ClN5O2. The molecule has 2 N–H and O–H groups in total. The third-order valence-corrected chi connectivity index (χ3v) is 5.42. The number of imidazole rings is 1. The third-order valence-electron chi connectivity index (χ3n) is 5.09. The Labute approximate surface area is 156 Å². The molecule has 136 valence electrons. The number of anilines is 1. The van der Waals surface area contributed by atoms with Gasteiger partial charge in [-0.2, -0.15) is 0 Å². The van der Waals surface area contributed by atoms with Crippen LogP contribution in [0.1, 0.15) is 34.8 Å². The van der Waals surface area contributed by atoms with Gasteiger partial charge in [-0.15, -0.1) is 0 Å². The normalized spacial score (nSPS) is 18.3. The molecular weight excluding hydrogens is 354 g/mol. The van der Waals surface area contributed by atoms with E-state index in [1.165, 1.54) is 0 Å². The molecule has 0 spiro atoms. The lowest BCUT2D eigenvalue weighted by molar-refractivity contribution is 0.0712. The molecule has 2 saturated heterocycles. The summed E-state index contributed by atoms with van der Waals surface area (Å²) in [6.07, 6.45) is 5.32. The summed E-state index contributed by atoms with van der Waals surface area (Å²) < 4.78 is 0. The molecule has 2 aromatic rings. The second-order valence-electron chi connectivity index (χ2n) is 6.62. The number of nitrogens with zero attached hydrogens (tertiary/aromatic N) is 3. The number of hydrogen-bond donors (Lipinski definition) is 2. The molecule has 0 aliphatic carbocycles. The average Bonchev–Trinajstić information content (AvgIpc) is 3.34. The van der Waals surface area contributed by atoms with E-state index in [0.29, 0.717) is 48.4 Å². The van der Waals surface area contributed by atoms with Gasteiger partial charge in [-0.25, -0.2) is 9.78 Å². The first-order chi connectivity index (χ1) is 12.6. The van der Waals surface area contributed by atoms with Crippen molar-refractivity contribution in [3.63, 3.8) is 0 Å². The number of hydrogen-bond acceptors (Lipinski definition) is 3. The Hall–Kier alpha value is -2.54. The summed E-state index contributed by atoms with van der Waals surface area (Å²) in [4.78, 5) is 35.5. The van der Waals surface area contributed by atoms with E-state index in [1.54, 1.807) is 29.4 Å². The van der Waals surface area contributed by atoms with E-state index in [1.807, 2.05) is 11.1 Å². The van der Waals surface area contributed by atoms with Crippen LogP contribution in [0, 0.1) is 0 Å². The first-order valence-electron chi connectivity index (χ1n) is 8.76. The Morgan fingerprint density at radius 1 is 1.23 bits per heavy atom. The van der Waals surface area contributed by atoms with Crippen molar-refractivity contribution < 1.29 is 9.59 Å². The lowest BCUT2D eigenvalue weighted by Crippen LogP contribution is -2.38. The molecule has 0 saturated carbocycles. The predicted molar refractivity (Wildman–Crippen MR) is 98.7 cm³/mol. The Bertz CT molecular complexity index is 815. The largest absolute Gasteiger partial charge is 0.348 e. The number of nitrogens with one attached hydrogen (secondary N) is 2. The standard InChI is InChI=1S/C18H20ClN5O2/c19-15-2-1-13(24-8-5-21-18(24)26)9-14(15)17(25)23-6-3-12(4-7-23)16-10-20-11-22-16/h1-2,9-12H,3-8H2,(H,20,22)(H,21,26). The highest BCUT2D eigenvalue weighted by molar-refractivity contribution is 6.34. The van der Waals surface area contributed by atoms with Gasteiger partial charge >= 0.3 is 6.03 Å². The molecule has 2 fully saturated rings. The molecule has 3 heterocycles. The monoisotopic (exact) mass is 373 g/mol. The molecule has 7 nitrogen and oxygen atoms in total. The molecule has 0 atom stereocenters. The van der Waals surface area contributed by atoms with E-state index in [9.17, 15) is 9.59 Å². The molecule has 0 bridgehead atoms. The first kappa shape index (κ1) is 16.9. The molecule has 0 unspecified atom stereocenters. The summed E-state index contributed by atoms with van der Waals surface area (Å²) in [6.45, 7) is 2.54. The zero-order valence-electron chi connectivity index (χ0n) is 14.2. The summed E-state index contributed by atoms with van der Waals surface area (Å²) in [5, 5.41) is 3.17. The molecule has 8 heteroatoms. The Morgan fingerprint density at radius 2 is 2.04 bits per heavy atom. The molecule has 3 amide bonds. The highest BCUT2D eigenvalue weighted by Crippen LogP contribution is 2.30. The fraction of sp³-hybridized carbons (Fsp3) is 0.389. The van der Waals surface area contributed by atoms with E-state index in [2.05, 4.69) is 15.3 Å². The van der Waals surface area contributed by atoms with Crippen LogP contribution in [-0.4, -0.2) is 53.0 Å². The maximum Gasteiger partial charge on any atom is 0.321 e. The number of aromatic nitrogens is 2. The van der Waals surface area contributed by atoms with Crippen molar-refractivity contribution in [2.45, 2.75) is 18.8 Å². The minimum Gasteiger partial charge on any atom is -0.348 e. The van der Waals surface area contributed by atoms with Gasteiger partial charge in [-0.05, 0) is 31.0 Å². The predicted octanol–water partition coefficient (Wildman–Crippen LogP) is 2.61. The minimum atomic E-state index is -0.147. The van der Waals surface area contributed by atoms with E-state index in [0.717, 1.165) is 18.5 Å². The van der Waals surface area contributed by atoms with Crippen LogP contribution in [0.5, 0.6) is 0 Å². The molecule has 2 aliphatic heterocycles. The quantitative estimate of drug-likeness (QED) is 0.867. The maximum absolute atomic E-state index is 13.0. The SMILES string of the molecule is O=C(c1cc(N2CCNC2=O)ccc1Cl)N1CCC(c2cnc[nH]2)CC1. The summed E-state index contributed by atoms with van der Waals surface area (Å²) in [7, 11) is 0. The topological polar surface area (TPSA) is 81.3 Å². The molecule has 0 radical (unpaired) electrons. The van der Waals surface area contributed by atoms with Gasteiger partial charge in [0.15, 0.2) is 0 Å². The lowest BCUT2D eigenvalue weighted by atomic mass is 9.93. The maximum atomic E-state index is 13.0. The summed E-state index contributed by atoms with van der Waals surface area (Å²) >= 11 is 6.28. The smallest absolute Gasteiger partial charge is 0.321 e. The number of carbonyl (C=O) groups is 2. The van der Waals surface area contributed by atoms with Crippen LogP contribution in [0.4, 0.5) is 10.5 Å². The van der Waals surface area contributed by atoms with Gasteiger partial charge in [0.2, 0.25) is 0 Å². The van der Waals surface area contributed by atoms with Gasteiger partial charge in [0.05, 0.1) is 16.9 Å². The molecule has 4 rings (SSSR count). The number of urea groups is 1. The van der Waals surface area contributed by atoms with Gasteiger partial charge in [-0.3, -0.25) is 9.69 Å². The Kier molecular flexibility index (Phi) is 4.55. The van der Waals surface area contributed by atoms with Crippen molar-refractivity contribution in [2.24, 2.45) is 0 Å². The highest BCUT2D eigenvalue weighted by atomic mass is 35.5. The van der Waals surface area contributed by atoms with Crippen LogP contribution in [0.25, 0.3) is 0 Å². The van der Waals surface area contributed by atoms with Crippen LogP contribution >= 0.6 is 11.6 Å². The van der Waals surface area contributed by atoms with Crippen LogP contribution in [0.2, 0.25) is 5.02 Å². The van der Waals surface area contributed by atoms with E-state index in [-0.39, 0.29) is 11.9 Å². The minimum absolute atomic E-state index is 0.0838. The summed E-state index contributed by atoms with van der Waals surface area (Å²) in [6, 6.07) is 5.03. The fourth-order valence-electron chi connectivity index (χ4n) is 3.62. The fourth-order valence-corrected chi connectivity index (χ4v) is 3.82. The van der Waals surface area contributed by atoms with Gasteiger partial charge < -0.3 is 15.2 Å². The van der Waals surface area contributed by atoms with Crippen molar-refractivity contribution in [1.29, 1.82) is 0 Å².